The first-order valence-corrected chi connectivity index (χ1v) is 6.96. The molecule has 110 valence electrons. The molecule has 0 unspecified atom stereocenters. The number of carbonyl (C=O) groups is 1. The van der Waals surface area contributed by atoms with Crippen molar-refractivity contribution in [2.24, 2.45) is 0 Å². The molecule has 6 nitrogen and oxygen atoms in total. The summed E-state index contributed by atoms with van der Waals surface area (Å²) in [6.07, 6.45) is 0.573. The van der Waals surface area contributed by atoms with E-state index in [1.807, 2.05) is 24.3 Å². The molecule has 0 aliphatic heterocycles. The lowest BCUT2D eigenvalue weighted by Crippen LogP contribution is -2.06. The molecule has 2 rings (SSSR count). The minimum Gasteiger partial charge on any atom is -0.497 e. The largest absolute Gasteiger partial charge is 0.497 e. The number of hydrogen-bond acceptors (Lipinski definition) is 6. The Kier molecular flexibility index (Phi) is 4.89. The van der Waals surface area contributed by atoms with Crippen molar-refractivity contribution in [3.63, 3.8) is 0 Å². The van der Waals surface area contributed by atoms with Gasteiger partial charge in [-0.05, 0) is 23.8 Å². The molecule has 7 heteroatoms. The average molecular weight is 307 g/mol. The Morgan fingerprint density at radius 1 is 1.24 bits per heavy atom. The molecule has 0 radical (unpaired) electrons. The monoisotopic (exact) mass is 307 g/mol. The highest BCUT2D eigenvalue weighted by molar-refractivity contribution is 7.17. The second kappa shape index (κ2) is 6.85. The van der Waals surface area contributed by atoms with Crippen molar-refractivity contribution in [1.82, 2.24) is 0 Å². The second-order valence-electron chi connectivity index (χ2n) is 4.13. The van der Waals surface area contributed by atoms with E-state index >= 15 is 0 Å². The van der Waals surface area contributed by atoms with Gasteiger partial charge in [0.2, 0.25) is 0 Å². The summed E-state index contributed by atoms with van der Waals surface area (Å²) in [5.74, 6) is 0.225. The highest BCUT2D eigenvalue weighted by Crippen LogP contribution is 2.24. The van der Waals surface area contributed by atoms with Crippen molar-refractivity contribution in [2.75, 3.05) is 13.7 Å². The van der Waals surface area contributed by atoms with Crippen LogP contribution in [-0.2, 0) is 11.2 Å². The zero-order chi connectivity index (χ0) is 15.2. The maximum atomic E-state index is 11.7. The van der Waals surface area contributed by atoms with Crippen LogP contribution in [0.15, 0.2) is 36.4 Å². The van der Waals surface area contributed by atoms with E-state index in [1.165, 1.54) is 12.1 Å². The van der Waals surface area contributed by atoms with Gasteiger partial charge >= 0.3 is 11.0 Å². The number of nitro groups is 1. The summed E-state index contributed by atoms with van der Waals surface area (Å²) in [4.78, 5) is 22.0. The molecule has 0 fully saturated rings. The molecule has 2 aromatic rings. The van der Waals surface area contributed by atoms with Gasteiger partial charge in [0.25, 0.3) is 0 Å². The second-order valence-corrected chi connectivity index (χ2v) is 5.19. The summed E-state index contributed by atoms with van der Waals surface area (Å²) in [5, 5.41) is 10.5. The van der Waals surface area contributed by atoms with Gasteiger partial charge in [0.15, 0.2) is 0 Å². The number of rotatable bonds is 6. The summed E-state index contributed by atoms with van der Waals surface area (Å²) in [6, 6.07) is 10.1. The number of esters is 1. The van der Waals surface area contributed by atoms with Gasteiger partial charge in [-0.15, -0.1) is 0 Å². The van der Waals surface area contributed by atoms with Gasteiger partial charge < -0.3 is 9.47 Å². The molecular formula is C14H13NO5S. The van der Waals surface area contributed by atoms with E-state index in [1.54, 1.807) is 7.11 Å². The van der Waals surface area contributed by atoms with Crippen molar-refractivity contribution >= 4 is 22.3 Å². The Labute approximate surface area is 125 Å². The number of benzene rings is 1. The lowest BCUT2D eigenvalue weighted by molar-refractivity contribution is -0.380. The van der Waals surface area contributed by atoms with E-state index in [4.69, 9.17) is 9.47 Å². The molecule has 1 aromatic heterocycles. The molecule has 0 bridgehead atoms. The van der Waals surface area contributed by atoms with Crippen LogP contribution < -0.4 is 4.74 Å². The number of carbonyl (C=O) groups excluding carboxylic acids is 1. The maximum absolute atomic E-state index is 11.7. The zero-order valence-corrected chi connectivity index (χ0v) is 12.1. The van der Waals surface area contributed by atoms with E-state index in [0.717, 1.165) is 22.6 Å². The first-order chi connectivity index (χ1) is 10.1. The summed E-state index contributed by atoms with van der Waals surface area (Å²) in [6.45, 7) is 0.219. The molecule has 1 heterocycles. The van der Waals surface area contributed by atoms with E-state index < -0.39 is 10.9 Å². The third-order valence-electron chi connectivity index (χ3n) is 2.76. The van der Waals surface area contributed by atoms with Crippen LogP contribution in [0.2, 0.25) is 0 Å². The quantitative estimate of drug-likeness (QED) is 0.465. The van der Waals surface area contributed by atoms with Crippen LogP contribution in [0.25, 0.3) is 0 Å². The number of ether oxygens (including phenoxy) is 2. The van der Waals surface area contributed by atoms with Crippen LogP contribution in [0, 0.1) is 10.1 Å². The Morgan fingerprint density at radius 3 is 2.52 bits per heavy atom. The fourth-order valence-corrected chi connectivity index (χ4v) is 2.37. The number of hydrogen-bond donors (Lipinski definition) is 0. The fraction of sp³-hybridized carbons (Fsp3) is 0.214. The van der Waals surface area contributed by atoms with Crippen LogP contribution >= 0.6 is 11.3 Å². The SMILES string of the molecule is COc1ccc(CCOC(=O)c2ccc([N+](=O)[O-])s2)cc1. The van der Waals surface area contributed by atoms with Crippen LogP contribution in [-0.4, -0.2) is 24.6 Å². The van der Waals surface area contributed by atoms with E-state index in [9.17, 15) is 14.9 Å². The van der Waals surface area contributed by atoms with Crippen molar-refractivity contribution in [3.8, 4) is 5.75 Å². The first-order valence-electron chi connectivity index (χ1n) is 6.14. The molecule has 0 saturated heterocycles. The zero-order valence-electron chi connectivity index (χ0n) is 11.3. The molecular weight excluding hydrogens is 294 g/mol. The van der Waals surface area contributed by atoms with Gasteiger partial charge in [0.05, 0.1) is 18.6 Å². The van der Waals surface area contributed by atoms with Gasteiger partial charge in [0, 0.05) is 12.5 Å². The van der Waals surface area contributed by atoms with Gasteiger partial charge in [-0.3, -0.25) is 10.1 Å². The van der Waals surface area contributed by atoms with Crippen LogP contribution in [0.3, 0.4) is 0 Å². The standard InChI is InChI=1S/C14H13NO5S/c1-19-11-4-2-10(3-5-11)8-9-20-14(16)12-6-7-13(21-12)15(17)18/h2-7H,8-9H2,1H3. The lowest BCUT2D eigenvalue weighted by atomic mass is 10.1. The van der Waals surface area contributed by atoms with E-state index in [0.29, 0.717) is 6.42 Å². The molecule has 0 amide bonds. The average Bonchev–Trinajstić information content (AvgIpc) is 2.98. The third kappa shape index (κ3) is 4.03. The summed E-state index contributed by atoms with van der Waals surface area (Å²) in [7, 11) is 1.59. The lowest BCUT2D eigenvalue weighted by Gasteiger charge is -2.04. The van der Waals surface area contributed by atoms with Crippen molar-refractivity contribution < 1.29 is 19.2 Å². The Morgan fingerprint density at radius 2 is 1.95 bits per heavy atom. The van der Waals surface area contributed by atoms with Crippen molar-refractivity contribution in [2.45, 2.75) is 6.42 Å². The fourth-order valence-electron chi connectivity index (χ4n) is 1.66. The minimum absolute atomic E-state index is 0.0721. The molecule has 1 aromatic carbocycles. The maximum Gasteiger partial charge on any atom is 0.348 e. The molecule has 0 aliphatic rings. The van der Waals surface area contributed by atoms with Gasteiger partial charge in [-0.25, -0.2) is 4.79 Å². The number of thiophene rings is 1. The highest BCUT2D eigenvalue weighted by atomic mass is 32.1. The predicted molar refractivity (Wildman–Crippen MR) is 78.0 cm³/mol. The van der Waals surface area contributed by atoms with Gasteiger partial charge in [-0.2, -0.15) is 0 Å². The smallest absolute Gasteiger partial charge is 0.348 e. The minimum atomic E-state index is -0.540. The Bertz CT molecular complexity index is 635. The first kappa shape index (κ1) is 15.0. The topological polar surface area (TPSA) is 78.7 Å². The number of methoxy groups -OCH3 is 1. The van der Waals surface area contributed by atoms with E-state index in [2.05, 4.69) is 0 Å². The van der Waals surface area contributed by atoms with E-state index in [-0.39, 0.29) is 16.5 Å². The molecule has 0 aliphatic carbocycles. The molecule has 0 saturated carbocycles. The van der Waals surface area contributed by atoms with Crippen LogP contribution in [0.4, 0.5) is 5.00 Å². The molecule has 21 heavy (non-hydrogen) atoms. The van der Waals surface area contributed by atoms with Crippen LogP contribution in [0.1, 0.15) is 15.2 Å². The molecule has 0 N–H and O–H groups in total. The predicted octanol–water partition coefficient (Wildman–Crippen LogP) is 3.06. The summed E-state index contributed by atoms with van der Waals surface area (Å²) >= 11 is 0.810. The molecule has 0 atom stereocenters. The summed E-state index contributed by atoms with van der Waals surface area (Å²) in [5.41, 5.74) is 1.01. The van der Waals surface area contributed by atoms with Gasteiger partial charge in [0.1, 0.15) is 10.6 Å². The number of nitrogens with zero attached hydrogens (tertiary/aromatic N) is 1. The third-order valence-corrected chi connectivity index (χ3v) is 3.77. The van der Waals surface area contributed by atoms with Crippen molar-refractivity contribution in [1.29, 1.82) is 0 Å². The Hall–Kier alpha value is -2.41. The van der Waals surface area contributed by atoms with Gasteiger partial charge in [-0.1, -0.05) is 23.5 Å². The normalized spacial score (nSPS) is 10.1. The molecule has 0 spiro atoms. The van der Waals surface area contributed by atoms with Crippen LogP contribution in [0.5, 0.6) is 5.75 Å². The highest BCUT2D eigenvalue weighted by Gasteiger charge is 2.16. The Balaban J connectivity index is 1.84. The summed E-state index contributed by atoms with van der Waals surface area (Å²) < 4.78 is 10.2. The van der Waals surface area contributed by atoms with Crippen molar-refractivity contribution in [3.05, 3.63) is 57.0 Å².